The Balaban J connectivity index is 2.54. The summed E-state index contributed by atoms with van der Waals surface area (Å²) in [7, 11) is -3.45. The summed E-state index contributed by atoms with van der Waals surface area (Å²) < 4.78 is 24.7. The zero-order chi connectivity index (χ0) is 19.4. The van der Waals surface area contributed by atoms with Crippen LogP contribution in [-0.4, -0.2) is 51.0 Å². The highest BCUT2D eigenvalue weighted by Gasteiger charge is 2.20. The van der Waals surface area contributed by atoms with Crippen LogP contribution in [0, 0.1) is 5.92 Å². The molecule has 1 aromatic rings. The van der Waals surface area contributed by atoms with Crippen molar-refractivity contribution in [2.75, 3.05) is 25.4 Å². The summed E-state index contributed by atoms with van der Waals surface area (Å²) in [6.07, 6.45) is 3.65. The van der Waals surface area contributed by atoms with E-state index < -0.39 is 15.9 Å². The standard InChI is InChI=1S/C18H33N3O3S2/c1-4-7-9-15(5-2)12-20-18(19-6-3)21-13-16(22)14-26(23,24)17-10-8-11-25-17/h8,10-11,15-16,22H,4-7,9,12-14H2,1-3H3,(H2,19,20,21). The average molecular weight is 404 g/mol. The molecule has 0 aliphatic carbocycles. The minimum Gasteiger partial charge on any atom is -0.390 e. The quantitative estimate of drug-likeness (QED) is 0.369. The van der Waals surface area contributed by atoms with E-state index in [2.05, 4.69) is 29.5 Å². The molecule has 150 valence electrons. The van der Waals surface area contributed by atoms with E-state index in [1.54, 1.807) is 17.5 Å². The smallest absolute Gasteiger partial charge is 0.191 e. The Morgan fingerprint density at radius 2 is 2.08 bits per heavy atom. The largest absolute Gasteiger partial charge is 0.390 e. The molecule has 0 aliphatic rings. The van der Waals surface area contributed by atoms with E-state index in [1.165, 1.54) is 24.2 Å². The van der Waals surface area contributed by atoms with Crippen molar-refractivity contribution in [1.82, 2.24) is 10.6 Å². The number of guanidine groups is 1. The van der Waals surface area contributed by atoms with Gasteiger partial charge in [0.15, 0.2) is 15.8 Å². The maximum atomic E-state index is 12.2. The monoisotopic (exact) mass is 403 g/mol. The molecular formula is C18H33N3O3S2. The fourth-order valence-electron chi connectivity index (χ4n) is 2.53. The van der Waals surface area contributed by atoms with Crippen molar-refractivity contribution in [2.24, 2.45) is 10.9 Å². The number of aliphatic hydroxyl groups excluding tert-OH is 1. The summed E-state index contributed by atoms with van der Waals surface area (Å²) in [6.45, 7) is 7.92. The molecule has 1 aromatic heterocycles. The zero-order valence-corrected chi connectivity index (χ0v) is 17.7. The van der Waals surface area contributed by atoms with Crippen LogP contribution in [0.25, 0.3) is 0 Å². The maximum Gasteiger partial charge on any atom is 0.191 e. The van der Waals surface area contributed by atoms with Crippen LogP contribution in [-0.2, 0) is 9.84 Å². The number of rotatable bonds is 12. The molecule has 1 rings (SSSR count). The van der Waals surface area contributed by atoms with Gasteiger partial charge in [0.1, 0.15) is 4.21 Å². The van der Waals surface area contributed by atoms with Gasteiger partial charge in [-0.2, -0.15) is 0 Å². The second-order valence-corrected chi connectivity index (χ2v) is 9.59. The molecule has 3 N–H and O–H groups in total. The first-order valence-corrected chi connectivity index (χ1v) is 11.9. The summed E-state index contributed by atoms with van der Waals surface area (Å²) in [6, 6.07) is 3.26. The van der Waals surface area contributed by atoms with Gasteiger partial charge in [-0.15, -0.1) is 11.3 Å². The third kappa shape index (κ3) is 8.51. The molecule has 0 saturated carbocycles. The van der Waals surface area contributed by atoms with Gasteiger partial charge in [0, 0.05) is 19.6 Å². The van der Waals surface area contributed by atoms with Crippen LogP contribution in [0.3, 0.4) is 0 Å². The normalized spacial score (nSPS) is 14.8. The molecule has 0 radical (unpaired) electrons. The topological polar surface area (TPSA) is 90.8 Å². The minimum absolute atomic E-state index is 0.141. The van der Waals surface area contributed by atoms with E-state index in [0.717, 1.165) is 19.4 Å². The predicted molar refractivity (Wildman–Crippen MR) is 110 cm³/mol. The van der Waals surface area contributed by atoms with Crippen LogP contribution in [0.1, 0.15) is 46.5 Å². The molecule has 0 bridgehead atoms. The van der Waals surface area contributed by atoms with Crippen LogP contribution < -0.4 is 10.6 Å². The van der Waals surface area contributed by atoms with E-state index in [1.807, 2.05) is 6.92 Å². The predicted octanol–water partition coefficient (Wildman–Crippen LogP) is 2.65. The number of hydrogen-bond donors (Lipinski definition) is 3. The van der Waals surface area contributed by atoms with Crippen molar-refractivity contribution >= 4 is 27.1 Å². The molecule has 0 amide bonds. The Morgan fingerprint density at radius 3 is 2.65 bits per heavy atom. The van der Waals surface area contributed by atoms with Crippen LogP contribution in [0.4, 0.5) is 0 Å². The van der Waals surface area contributed by atoms with Gasteiger partial charge in [-0.05, 0) is 30.7 Å². The Morgan fingerprint density at radius 1 is 1.31 bits per heavy atom. The van der Waals surface area contributed by atoms with E-state index in [9.17, 15) is 13.5 Å². The van der Waals surface area contributed by atoms with E-state index in [0.29, 0.717) is 22.6 Å². The number of nitrogens with one attached hydrogen (secondary N) is 2. The Kier molecular flexibility index (Phi) is 10.8. The fourth-order valence-corrected chi connectivity index (χ4v) is 5.01. The van der Waals surface area contributed by atoms with Gasteiger partial charge >= 0.3 is 0 Å². The Bertz CT molecular complexity index is 616. The molecule has 0 saturated heterocycles. The van der Waals surface area contributed by atoms with Gasteiger partial charge in [0.2, 0.25) is 0 Å². The lowest BCUT2D eigenvalue weighted by atomic mass is 10.00. The fraction of sp³-hybridized carbons (Fsp3) is 0.722. The summed E-state index contributed by atoms with van der Waals surface area (Å²) in [5, 5.41) is 18.0. The molecule has 0 aliphatic heterocycles. The zero-order valence-electron chi connectivity index (χ0n) is 16.1. The molecule has 0 spiro atoms. The first-order chi connectivity index (χ1) is 12.4. The van der Waals surface area contributed by atoms with E-state index in [-0.39, 0.29) is 12.3 Å². The number of hydrogen-bond acceptors (Lipinski definition) is 5. The van der Waals surface area contributed by atoms with Gasteiger partial charge < -0.3 is 15.7 Å². The van der Waals surface area contributed by atoms with Crippen LogP contribution >= 0.6 is 11.3 Å². The van der Waals surface area contributed by atoms with Crippen molar-refractivity contribution in [3.63, 3.8) is 0 Å². The van der Waals surface area contributed by atoms with Crippen molar-refractivity contribution in [2.45, 2.75) is 56.8 Å². The van der Waals surface area contributed by atoms with Crippen molar-refractivity contribution < 1.29 is 13.5 Å². The SMILES string of the molecule is CCCCC(CC)CN=C(NCC)NCC(O)CS(=O)(=O)c1cccs1. The van der Waals surface area contributed by atoms with Gasteiger partial charge in [-0.1, -0.05) is 39.2 Å². The summed E-state index contributed by atoms with van der Waals surface area (Å²) in [5.41, 5.74) is 0. The summed E-state index contributed by atoms with van der Waals surface area (Å²) >= 11 is 1.17. The second kappa shape index (κ2) is 12.3. The average Bonchev–Trinajstić information content (AvgIpc) is 3.15. The Labute approximate surface area is 162 Å². The first kappa shape index (κ1) is 22.9. The number of sulfone groups is 1. The minimum atomic E-state index is -3.45. The number of thiophene rings is 1. The summed E-state index contributed by atoms with van der Waals surface area (Å²) in [5.74, 6) is 0.873. The molecule has 8 heteroatoms. The number of aliphatic hydroxyl groups is 1. The lowest BCUT2D eigenvalue weighted by Crippen LogP contribution is -2.43. The van der Waals surface area contributed by atoms with E-state index in [4.69, 9.17) is 0 Å². The lowest BCUT2D eigenvalue weighted by molar-refractivity contribution is 0.200. The molecule has 0 fully saturated rings. The molecule has 1 heterocycles. The van der Waals surface area contributed by atoms with Gasteiger partial charge in [-0.25, -0.2) is 8.42 Å². The Hall–Kier alpha value is -1.12. The van der Waals surface area contributed by atoms with Crippen molar-refractivity contribution in [3.8, 4) is 0 Å². The van der Waals surface area contributed by atoms with Crippen LogP contribution in [0.15, 0.2) is 26.7 Å². The van der Waals surface area contributed by atoms with Gasteiger partial charge in [-0.3, -0.25) is 4.99 Å². The number of nitrogens with zero attached hydrogens (tertiary/aromatic N) is 1. The molecular weight excluding hydrogens is 370 g/mol. The third-order valence-corrected chi connectivity index (χ3v) is 7.40. The molecule has 2 unspecified atom stereocenters. The van der Waals surface area contributed by atoms with Crippen LogP contribution in [0.2, 0.25) is 0 Å². The summed E-state index contributed by atoms with van der Waals surface area (Å²) in [4.78, 5) is 4.59. The molecule has 26 heavy (non-hydrogen) atoms. The lowest BCUT2D eigenvalue weighted by Gasteiger charge is -2.17. The highest BCUT2D eigenvalue weighted by molar-refractivity contribution is 7.93. The second-order valence-electron chi connectivity index (χ2n) is 6.38. The van der Waals surface area contributed by atoms with E-state index >= 15 is 0 Å². The first-order valence-electron chi connectivity index (χ1n) is 9.39. The highest BCUT2D eigenvalue weighted by atomic mass is 32.2. The molecule has 2 atom stereocenters. The maximum absolute atomic E-state index is 12.2. The van der Waals surface area contributed by atoms with Crippen molar-refractivity contribution in [3.05, 3.63) is 17.5 Å². The highest BCUT2D eigenvalue weighted by Crippen LogP contribution is 2.18. The molecule has 6 nitrogen and oxygen atoms in total. The number of unbranched alkanes of at least 4 members (excludes halogenated alkanes) is 1. The molecule has 0 aromatic carbocycles. The van der Waals surface area contributed by atoms with Crippen LogP contribution in [0.5, 0.6) is 0 Å². The van der Waals surface area contributed by atoms with Gasteiger partial charge in [0.05, 0.1) is 11.9 Å². The third-order valence-electron chi connectivity index (χ3n) is 4.11. The van der Waals surface area contributed by atoms with Gasteiger partial charge in [0.25, 0.3) is 0 Å². The van der Waals surface area contributed by atoms with Crippen molar-refractivity contribution in [1.29, 1.82) is 0 Å². The number of aliphatic imine (C=N–C) groups is 1.